The Kier molecular flexibility index (Phi) is 5.52. The van der Waals surface area contributed by atoms with Crippen LogP contribution < -0.4 is 5.73 Å². The van der Waals surface area contributed by atoms with Gasteiger partial charge in [0.2, 0.25) is 11.5 Å². The van der Waals surface area contributed by atoms with Gasteiger partial charge < -0.3 is 10.6 Å². The lowest BCUT2D eigenvalue weighted by Crippen LogP contribution is -2.14. The van der Waals surface area contributed by atoms with Gasteiger partial charge in [-0.3, -0.25) is 4.79 Å². The maximum absolute atomic E-state index is 11.2. The topological polar surface area (TPSA) is 90.5 Å². The molecule has 1 heterocycles. The molecule has 2 rings (SSSR count). The number of carbonyl (C=O) groups excluding carboxylic acids is 1. The van der Waals surface area contributed by atoms with E-state index in [9.17, 15) is 4.79 Å². The number of anilines is 1. The van der Waals surface area contributed by atoms with Crippen molar-refractivity contribution in [2.24, 2.45) is 5.16 Å². The Morgan fingerprint density at radius 3 is 2.94 bits per heavy atom. The summed E-state index contributed by atoms with van der Waals surface area (Å²) in [5.74, 6) is 0.0921. The number of hydrogen-bond donors (Lipinski definition) is 1. The molecule has 0 aromatic carbocycles. The van der Waals surface area contributed by atoms with Crippen LogP contribution in [0, 0.1) is 0 Å². The molecule has 1 aliphatic rings. The van der Waals surface area contributed by atoms with E-state index in [1.807, 2.05) is 12.2 Å². The van der Waals surface area contributed by atoms with Crippen molar-refractivity contribution in [3.63, 3.8) is 0 Å². The zero-order valence-electron chi connectivity index (χ0n) is 9.08. The van der Waals surface area contributed by atoms with Gasteiger partial charge in [-0.25, -0.2) is 0 Å². The third kappa shape index (κ3) is 3.66. The summed E-state index contributed by atoms with van der Waals surface area (Å²) in [6, 6.07) is 0. The molecule has 0 amide bonds. The monoisotopic (exact) mass is 308 g/mol. The summed E-state index contributed by atoms with van der Waals surface area (Å²) in [4.78, 5) is 20.2. The largest absolute Gasteiger partial charge is 0.387 e. The maximum Gasteiger partial charge on any atom is 0.278 e. The molecule has 1 aliphatic carbocycles. The fraction of sp³-hybridized carbons (Fsp3) is 0.333. The van der Waals surface area contributed by atoms with Crippen LogP contribution in [0.2, 0.25) is 0 Å². The normalized spacial score (nSPS) is 18.5. The number of aromatic nitrogens is 2. The van der Waals surface area contributed by atoms with Gasteiger partial charge in [0, 0.05) is 11.5 Å². The van der Waals surface area contributed by atoms with Crippen molar-refractivity contribution in [1.29, 1.82) is 0 Å². The first kappa shape index (κ1) is 14.9. The second-order valence-corrected chi connectivity index (χ2v) is 4.45. The molecular formula is C9H10Cl2N4O2S. The van der Waals surface area contributed by atoms with E-state index in [0.717, 1.165) is 24.4 Å². The summed E-state index contributed by atoms with van der Waals surface area (Å²) in [7, 11) is 0. The molecule has 2 N–H and O–H groups in total. The minimum Gasteiger partial charge on any atom is -0.387 e. The minimum absolute atomic E-state index is 0. The summed E-state index contributed by atoms with van der Waals surface area (Å²) in [6.45, 7) is 0. The van der Waals surface area contributed by atoms with Crippen LogP contribution in [-0.4, -0.2) is 26.4 Å². The summed E-state index contributed by atoms with van der Waals surface area (Å²) in [6.07, 6.45) is 5.51. The number of allylic oxidation sites excluding steroid dienone is 1. The number of rotatable bonds is 4. The Hall–Kier alpha value is -1.18. The number of nitrogens with two attached hydrogens (primary N) is 1. The number of nitrogen functional groups attached to an aromatic ring is 1. The molecule has 1 aromatic rings. The van der Waals surface area contributed by atoms with E-state index in [-0.39, 0.29) is 35.2 Å². The average molecular weight is 309 g/mol. The van der Waals surface area contributed by atoms with E-state index >= 15 is 0 Å². The molecule has 0 radical (unpaired) electrons. The first-order valence-corrected chi connectivity index (χ1v) is 6.02. The Morgan fingerprint density at radius 1 is 1.67 bits per heavy atom. The van der Waals surface area contributed by atoms with Crippen LogP contribution in [0.5, 0.6) is 0 Å². The highest BCUT2D eigenvalue weighted by Gasteiger charge is 2.19. The van der Waals surface area contributed by atoms with Crippen LogP contribution >= 0.6 is 35.5 Å². The van der Waals surface area contributed by atoms with Gasteiger partial charge in [0.25, 0.3) is 5.24 Å². The van der Waals surface area contributed by atoms with Crippen molar-refractivity contribution >= 4 is 51.6 Å². The van der Waals surface area contributed by atoms with Crippen LogP contribution in [0.25, 0.3) is 0 Å². The minimum atomic E-state index is -0.773. The molecule has 1 unspecified atom stereocenters. The van der Waals surface area contributed by atoms with Gasteiger partial charge in [0.05, 0.1) is 0 Å². The molecular weight excluding hydrogens is 299 g/mol. The van der Waals surface area contributed by atoms with Crippen molar-refractivity contribution < 1.29 is 9.63 Å². The van der Waals surface area contributed by atoms with Crippen LogP contribution in [0.1, 0.15) is 18.7 Å². The smallest absolute Gasteiger partial charge is 0.278 e. The van der Waals surface area contributed by atoms with Crippen LogP contribution in [0.3, 0.4) is 0 Å². The van der Waals surface area contributed by atoms with E-state index in [4.69, 9.17) is 22.2 Å². The third-order valence-corrected chi connectivity index (χ3v) is 2.81. The van der Waals surface area contributed by atoms with Gasteiger partial charge in [0.15, 0.2) is 5.13 Å². The Labute approximate surface area is 118 Å². The lowest BCUT2D eigenvalue weighted by atomic mass is 10.3. The lowest BCUT2D eigenvalue weighted by Gasteiger charge is -2.05. The lowest BCUT2D eigenvalue weighted by molar-refractivity contribution is -0.106. The van der Waals surface area contributed by atoms with Crippen LogP contribution in [-0.2, 0) is 9.63 Å². The number of halogens is 2. The fourth-order valence-corrected chi connectivity index (χ4v) is 1.86. The van der Waals surface area contributed by atoms with E-state index in [1.165, 1.54) is 0 Å². The Bertz CT molecular complexity index is 489. The van der Waals surface area contributed by atoms with Gasteiger partial charge in [-0.05, 0) is 30.5 Å². The quantitative estimate of drug-likeness (QED) is 0.396. The molecule has 0 aliphatic heterocycles. The summed E-state index contributed by atoms with van der Waals surface area (Å²) >= 11 is 6.35. The second-order valence-electron chi connectivity index (χ2n) is 3.32. The highest BCUT2D eigenvalue weighted by molar-refractivity contribution is 7.09. The average Bonchev–Trinajstić information content (AvgIpc) is 2.90. The number of hydrogen-bond acceptors (Lipinski definition) is 7. The maximum atomic E-state index is 11.2. The van der Waals surface area contributed by atoms with Crippen LogP contribution in [0.15, 0.2) is 17.3 Å². The number of nitrogens with zero attached hydrogens (tertiary/aromatic N) is 3. The highest BCUT2D eigenvalue weighted by Crippen LogP contribution is 2.14. The Balaban J connectivity index is 0.00000162. The zero-order chi connectivity index (χ0) is 12.3. The molecule has 1 atom stereocenters. The standard InChI is InChI=1S/C9H9ClN4O2S.ClH/c10-7(15)6(8-12-9(11)17-14-8)13-16-5-3-1-2-4-5;/h1,3,5H,2,4H2,(H2,11,12,14);1H/b13-6+;. The fourth-order valence-electron chi connectivity index (χ4n) is 1.31. The summed E-state index contributed by atoms with van der Waals surface area (Å²) in [5.41, 5.74) is 5.29. The zero-order valence-corrected chi connectivity index (χ0v) is 11.5. The van der Waals surface area contributed by atoms with Crippen LogP contribution in [0.4, 0.5) is 5.13 Å². The van der Waals surface area contributed by atoms with Crippen molar-refractivity contribution in [2.45, 2.75) is 18.9 Å². The molecule has 6 nitrogen and oxygen atoms in total. The number of oxime groups is 1. The molecule has 98 valence electrons. The van der Waals surface area contributed by atoms with E-state index < -0.39 is 5.24 Å². The van der Waals surface area contributed by atoms with E-state index in [2.05, 4.69) is 14.5 Å². The summed E-state index contributed by atoms with van der Waals surface area (Å²) in [5, 5.41) is 3.17. The van der Waals surface area contributed by atoms with Gasteiger partial charge >= 0.3 is 0 Å². The molecule has 0 fully saturated rings. The SMILES string of the molecule is Cl.Nc1nc(/C(=N/OC2C=CCC2)C(=O)Cl)ns1. The predicted molar refractivity (Wildman–Crippen MR) is 72.2 cm³/mol. The van der Waals surface area contributed by atoms with Gasteiger partial charge in [-0.15, -0.1) is 12.4 Å². The molecule has 18 heavy (non-hydrogen) atoms. The molecule has 0 saturated carbocycles. The van der Waals surface area contributed by atoms with Gasteiger partial charge in [-0.1, -0.05) is 11.2 Å². The summed E-state index contributed by atoms with van der Waals surface area (Å²) < 4.78 is 3.85. The first-order chi connectivity index (χ1) is 8.16. The van der Waals surface area contributed by atoms with Crippen molar-refractivity contribution in [3.8, 4) is 0 Å². The highest BCUT2D eigenvalue weighted by atomic mass is 35.5. The van der Waals surface area contributed by atoms with E-state index in [0.29, 0.717) is 0 Å². The van der Waals surface area contributed by atoms with Gasteiger partial charge in [-0.2, -0.15) is 9.36 Å². The molecule has 9 heteroatoms. The third-order valence-electron chi connectivity index (χ3n) is 2.09. The molecule has 0 saturated heterocycles. The molecule has 1 aromatic heterocycles. The predicted octanol–water partition coefficient (Wildman–Crippen LogP) is 1.75. The second kappa shape index (κ2) is 6.67. The number of carbonyl (C=O) groups is 1. The van der Waals surface area contributed by atoms with E-state index in [1.54, 1.807) is 0 Å². The Morgan fingerprint density at radius 2 is 2.44 bits per heavy atom. The van der Waals surface area contributed by atoms with Crippen molar-refractivity contribution in [2.75, 3.05) is 5.73 Å². The van der Waals surface area contributed by atoms with Crippen molar-refractivity contribution in [3.05, 3.63) is 18.0 Å². The molecule has 0 bridgehead atoms. The first-order valence-electron chi connectivity index (χ1n) is 4.86. The molecule has 0 spiro atoms. The van der Waals surface area contributed by atoms with Gasteiger partial charge in [0.1, 0.15) is 6.10 Å². The van der Waals surface area contributed by atoms with Crippen molar-refractivity contribution in [1.82, 2.24) is 9.36 Å².